The third-order valence-corrected chi connectivity index (χ3v) is 10.9. The van der Waals surface area contributed by atoms with Gasteiger partial charge in [0.05, 0.1) is 18.6 Å². The van der Waals surface area contributed by atoms with Crippen molar-refractivity contribution in [3.05, 3.63) is 52.0 Å². The standard InChI is InChI=1S/C24H33BrCl3NO5Si/c1-16(7-8-17-9-11-18(25)12-10-17)13-20(34-35(5,6)23(2,3)4)19(14-21(30)31)29-22(32)33-15-24(26,27)28/h7-13,19-20H,14-15H2,1-6H3,(H,29,32)(H,30,31)/b8-7+,16-13+/t19-,20-/m0/s1. The largest absolute Gasteiger partial charge is 0.481 e. The third-order valence-electron chi connectivity index (χ3n) is 5.53. The Bertz CT molecular complexity index is 925. The number of halogens is 4. The topological polar surface area (TPSA) is 84.9 Å². The van der Waals surface area contributed by atoms with Crippen molar-refractivity contribution < 1.29 is 23.9 Å². The molecule has 1 rings (SSSR count). The van der Waals surface area contributed by atoms with Gasteiger partial charge in [0.15, 0.2) is 8.32 Å². The highest BCUT2D eigenvalue weighted by Gasteiger charge is 2.41. The maximum Gasteiger partial charge on any atom is 0.407 e. The van der Waals surface area contributed by atoms with Crippen LogP contribution in [-0.2, 0) is 14.0 Å². The van der Waals surface area contributed by atoms with Gasteiger partial charge in [0.1, 0.15) is 6.61 Å². The Morgan fingerprint density at radius 3 is 2.23 bits per heavy atom. The number of nitrogens with one attached hydrogen (secondary N) is 1. The highest BCUT2D eigenvalue weighted by molar-refractivity contribution is 9.10. The third kappa shape index (κ3) is 12.7. The molecule has 35 heavy (non-hydrogen) atoms. The van der Waals surface area contributed by atoms with Crippen LogP contribution in [0, 0.1) is 0 Å². The number of carboxylic acid groups (broad SMARTS) is 1. The minimum absolute atomic E-state index is 0.149. The SMILES string of the molecule is CC(/C=C/c1ccc(Br)cc1)=C\[C@H](O[Si](C)(C)C(C)(C)C)[C@H](CC(=O)O)NC(=O)OCC(Cl)(Cl)Cl. The summed E-state index contributed by atoms with van der Waals surface area (Å²) in [5.41, 5.74) is 1.83. The van der Waals surface area contributed by atoms with Crippen LogP contribution in [0.4, 0.5) is 4.79 Å². The molecule has 0 saturated heterocycles. The lowest BCUT2D eigenvalue weighted by molar-refractivity contribution is -0.138. The molecule has 196 valence electrons. The number of amides is 1. The molecule has 0 aliphatic rings. The van der Waals surface area contributed by atoms with E-state index in [-0.39, 0.29) is 11.5 Å². The van der Waals surface area contributed by atoms with Gasteiger partial charge in [-0.3, -0.25) is 4.79 Å². The number of benzene rings is 1. The summed E-state index contributed by atoms with van der Waals surface area (Å²) in [7, 11) is -2.36. The normalized spacial score (nSPS) is 15.1. The lowest BCUT2D eigenvalue weighted by Gasteiger charge is -2.40. The zero-order valence-corrected chi connectivity index (χ0v) is 25.6. The first-order valence-electron chi connectivity index (χ1n) is 10.9. The number of alkyl halides is 3. The summed E-state index contributed by atoms with van der Waals surface area (Å²) in [4.78, 5) is 24.0. The van der Waals surface area contributed by atoms with Gasteiger partial charge < -0.3 is 19.6 Å². The van der Waals surface area contributed by atoms with Gasteiger partial charge in [-0.2, -0.15) is 0 Å². The van der Waals surface area contributed by atoms with E-state index < -0.39 is 42.9 Å². The molecule has 2 atom stereocenters. The first-order chi connectivity index (χ1) is 15.9. The molecular formula is C24H33BrCl3NO5Si. The molecule has 0 heterocycles. The number of allylic oxidation sites excluding steroid dienone is 2. The Morgan fingerprint density at radius 2 is 1.74 bits per heavy atom. The average molecular weight is 630 g/mol. The molecule has 1 amide bonds. The van der Waals surface area contributed by atoms with E-state index in [0.717, 1.165) is 15.6 Å². The number of hydrogen-bond donors (Lipinski definition) is 2. The lowest BCUT2D eigenvalue weighted by atomic mass is 10.0. The van der Waals surface area contributed by atoms with Crippen LogP contribution in [0.25, 0.3) is 6.08 Å². The number of hydrogen-bond acceptors (Lipinski definition) is 4. The van der Waals surface area contributed by atoms with Crippen LogP contribution >= 0.6 is 50.7 Å². The Balaban J connectivity index is 3.28. The van der Waals surface area contributed by atoms with Crippen molar-refractivity contribution >= 4 is 77.2 Å². The molecular weight excluding hydrogens is 597 g/mol. The van der Waals surface area contributed by atoms with Crippen LogP contribution in [0.15, 0.2) is 46.5 Å². The van der Waals surface area contributed by atoms with E-state index in [9.17, 15) is 14.7 Å². The van der Waals surface area contributed by atoms with Gasteiger partial charge in [0.25, 0.3) is 0 Å². The van der Waals surface area contributed by atoms with E-state index in [0.29, 0.717) is 0 Å². The molecule has 1 aromatic rings. The number of aliphatic carboxylic acids is 1. The molecule has 0 saturated carbocycles. The van der Waals surface area contributed by atoms with E-state index >= 15 is 0 Å². The summed E-state index contributed by atoms with van der Waals surface area (Å²) in [6, 6.07) is 6.90. The van der Waals surface area contributed by atoms with Crippen LogP contribution in [0.1, 0.15) is 39.7 Å². The van der Waals surface area contributed by atoms with Crippen LogP contribution in [0.3, 0.4) is 0 Å². The molecule has 11 heteroatoms. The van der Waals surface area contributed by atoms with Gasteiger partial charge in [0.2, 0.25) is 3.79 Å². The average Bonchev–Trinajstić information content (AvgIpc) is 2.69. The number of ether oxygens (including phenoxy) is 1. The van der Waals surface area contributed by atoms with Crippen molar-refractivity contribution in [1.82, 2.24) is 5.32 Å². The number of carbonyl (C=O) groups is 2. The molecule has 0 unspecified atom stereocenters. The Kier molecular flexibility index (Phi) is 12.3. The van der Waals surface area contributed by atoms with E-state index in [1.54, 1.807) is 0 Å². The van der Waals surface area contributed by atoms with Gasteiger partial charge in [-0.1, -0.05) is 107 Å². The molecule has 2 N–H and O–H groups in total. The van der Waals surface area contributed by atoms with Crippen molar-refractivity contribution in [2.45, 2.75) is 68.2 Å². The molecule has 0 bridgehead atoms. The van der Waals surface area contributed by atoms with E-state index in [2.05, 4.69) is 55.1 Å². The minimum Gasteiger partial charge on any atom is -0.481 e. The maximum atomic E-state index is 12.4. The smallest absolute Gasteiger partial charge is 0.407 e. The molecule has 6 nitrogen and oxygen atoms in total. The second-order valence-corrected chi connectivity index (χ2v) is 17.9. The van der Waals surface area contributed by atoms with Gasteiger partial charge in [-0.25, -0.2) is 4.79 Å². The fourth-order valence-corrected chi connectivity index (χ4v) is 4.34. The van der Waals surface area contributed by atoms with Crippen molar-refractivity contribution in [2.24, 2.45) is 0 Å². The predicted octanol–water partition coefficient (Wildman–Crippen LogP) is 7.74. The minimum atomic E-state index is -2.36. The number of carboxylic acids is 1. The summed E-state index contributed by atoms with van der Waals surface area (Å²) < 4.78 is 10.7. The Morgan fingerprint density at radius 1 is 1.17 bits per heavy atom. The highest BCUT2D eigenvalue weighted by atomic mass is 79.9. The van der Waals surface area contributed by atoms with Gasteiger partial charge in [-0.05, 0) is 42.8 Å². The summed E-state index contributed by atoms with van der Waals surface area (Å²) in [5.74, 6) is -1.10. The van der Waals surface area contributed by atoms with Gasteiger partial charge in [0, 0.05) is 4.47 Å². The highest BCUT2D eigenvalue weighted by Crippen LogP contribution is 2.38. The number of alkyl carbamates (subject to hydrolysis) is 1. The van der Waals surface area contributed by atoms with Crippen molar-refractivity contribution in [3.8, 4) is 0 Å². The van der Waals surface area contributed by atoms with Crippen LogP contribution in [0.2, 0.25) is 18.1 Å². The molecule has 0 spiro atoms. The van der Waals surface area contributed by atoms with Crippen LogP contribution < -0.4 is 5.32 Å². The fourth-order valence-electron chi connectivity index (χ4n) is 2.64. The zero-order valence-electron chi connectivity index (χ0n) is 20.7. The number of carbonyl (C=O) groups excluding carboxylic acids is 1. The van der Waals surface area contributed by atoms with Gasteiger partial charge in [-0.15, -0.1) is 0 Å². The number of rotatable bonds is 10. The molecule has 1 aromatic carbocycles. The zero-order chi connectivity index (χ0) is 27.0. The first kappa shape index (κ1) is 32.0. The predicted molar refractivity (Wildman–Crippen MR) is 150 cm³/mol. The van der Waals surface area contributed by atoms with Crippen LogP contribution in [-0.4, -0.2) is 48.0 Å². The first-order valence-corrected chi connectivity index (χ1v) is 15.7. The van der Waals surface area contributed by atoms with E-state index in [1.165, 1.54) is 0 Å². The van der Waals surface area contributed by atoms with Gasteiger partial charge >= 0.3 is 12.1 Å². The summed E-state index contributed by atoms with van der Waals surface area (Å²) in [6.07, 6.45) is 3.65. The summed E-state index contributed by atoms with van der Waals surface area (Å²) in [6.45, 7) is 11.7. The monoisotopic (exact) mass is 627 g/mol. The quantitative estimate of drug-likeness (QED) is 0.157. The Hall–Kier alpha value is -1.03. The summed E-state index contributed by atoms with van der Waals surface area (Å²) >= 11 is 20.4. The van der Waals surface area contributed by atoms with Crippen LogP contribution in [0.5, 0.6) is 0 Å². The molecule has 0 radical (unpaired) electrons. The maximum absolute atomic E-state index is 12.4. The fraction of sp³-hybridized carbons (Fsp3) is 0.500. The summed E-state index contributed by atoms with van der Waals surface area (Å²) in [5, 5.41) is 12.0. The van der Waals surface area contributed by atoms with E-state index in [4.69, 9.17) is 44.0 Å². The molecule has 0 fully saturated rings. The molecule has 0 aromatic heterocycles. The Labute approximate surface area is 232 Å². The van der Waals surface area contributed by atoms with Crippen molar-refractivity contribution in [1.29, 1.82) is 0 Å². The molecule has 0 aliphatic heterocycles. The van der Waals surface area contributed by atoms with Crippen molar-refractivity contribution in [3.63, 3.8) is 0 Å². The van der Waals surface area contributed by atoms with Crippen molar-refractivity contribution in [2.75, 3.05) is 6.61 Å². The second-order valence-electron chi connectivity index (χ2n) is 9.68. The molecule has 0 aliphatic carbocycles. The lowest BCUT2D eigenvalue weighted by Crippen LogP contribution is -2.52. The van der Waals surface area contributed by atoms with E-state index in [1.807, 2.05) is 49.4 Å². The second kappa shape index (κ2) is 13.5.